The summed E-state index contributed by atoms with van der Waals surface area (Å²) in [5.41, 5.74) is 6.19. The number of benzene rings is 1. The molecule has 0 fully saturated rings. The molecule has 1 aromatic rings. The number of rotatable bonds is 6. The van der Waals surface area contributed by atoms with Crippen LogP contribution in [0.25, 0.3) is 6.08 Å². The molecule has 5 nitrogen and oxygen atoms in total. The fourth-order valence-corrected chi connectivity index (χ4v) is 1.39. The second kappa shape index (κ2) is 7.13. The second-order valence-electron chi connectivity index (χ2n) is 3.92. The van der Waals surface area contributed by atoms with Crippen molar-refractivity contribution >= 4 is 18.0 Å². The molecule has 0 amide bonds. The molecule has 0 radical (unpaired) electrons. The van der Waals surface area contributed by atoms with Crippen molar-refractivity contribution in [1.29, 1.82) is 0 Å². The van der Waals surface area contributed by atoms with E-state index in [1.165, 1.54) is 6.08 Å². The van der Waals surface area contributed by atoms with Gasteiger partial charge >= 0.3 is 11.9 Å². The fraction of sp³-hybridized carbons (Fsp3) is 0.143. The molecular weight excluding hydrogens is 246 g/mol. The van der Waals surface area contributed by atoms with Crippen molar-refractivity contribution in [3.8, 4) is 0 Å². The highest BCUT2D eigenvalue weighted by molar-refractivity contribution is 5.88. The Labute approximate surface area is 110 Å². The minimum Gasteiger partial charge on any atom is -0.480 e. The standard InChI is InChI=1S/C14H15NO4/c15-12(14(18)19)9-11(13(16)17)8-4-7-10-5-2-1-3-6-10/h1-8,12H,9,15H2,(H,16,17)(H,18,19)/t12-/m0/s1. The summed E-state index contributed by atoms with van der Waals surface area (Å²) in [4.78, 5) is 21.5. The molecular formula is C14H15NO4. The zero-order valence-electron chi connectivity index (χ0n) is 10.2. The lowest BCUT2D eigenvalue weighted by molar-refractivity contribution is -0.138. The van der Waals surface area contributed by atoms with Gasteiger partial charge in [-0.25, -0.2) is 4.79 Å². The van der Waals surface area contributed by atoms with Crippen LogP contribution in [0, 0.1) is 0 Å². The number of hydrogen-bond acceptors (Lipinski definition) is 3. The highest BCUT2D eigenvalue weighted by Gasteiger charge is 2.17. The van der Waals surface area contributed by atoms with Crippen molar-refractivity contribution in [1.82, 2.24) is 0 Å². The van der Waals surface area contributed by atoms with Crippen LogP contribution in [0.2, 0.25) is 0 Å². The van der Waals surface area contributed by atoms with Crippen molar-refractivity contribution in [2.24, 2.45) is 5.73 Å². The fourth-order valence-electron chi connectivity index (χ4n) is 1.39. The van der Waals surface area contributed by atoms with E-state index in [4.69, 9.17) is 15.9 Å². The maximum Gasteiger partial charge on any atom is 0.331 e. The van der Waals surface area contributed by atoms with E-state index in [1.54, 1.807) is 12.2 Å². The summed E-state index contributed by atoms with van der Waals surface area (Å²) in [6, 6.07) is 8.12. The lowest BCUT2D eigenvalue weighted by atomic mass is 10.1. The first-order chi connectivity index (χ1) is 9.00. The topological polar surface area (TPSA) is 101 Å². The number of carboxylic acid groups (broad SMARTS) is 2. The van der Waals surface area contributed by atoms with Gasteiger partial charge in [-0.3, -0.25) is 4.79 Å². The molecule has 4 N–H and O–H groups in total. The third-order valence-electron chi connectivity index (χ3n) is 2.42. The minimum atomic E-state index is -1.22. The van der Waals surface area contributed by atoms with Gasteiger partial charge in [-0.15, -0.1) is 0 Å². The molecule has 0 spiro atoms. The van der Waals surface area contributed by atoms with Gasteiger partial charge in [0.05, 0.1) is 0 Å². The summed E-state index contributed by atoms with van der Waals surface area (Å²) in [6.45, 7) is 0. The summed E-state index contributed by atoms with van der Waals surface area (Å²) in [7, 11) is 0. The van der Waals surface area contributed by atoms with Crippen molar-refractivity contribution in [2.45, 2.75) is 12.5 Å². The first kappa shape index (κ1) is 14.7. The molecule has 0 saturated heterocycles. The molecule has 1 aromatic carbocycles. The van der Waals surface area contributed by atoms with Gasteiger partial charge in [-0.1, -0.05) is 48.6 Å². The molecule has 0 aromatic heterocycles. The first-order valence-corrected chi connectivity index (χ1v) is 5.64. The van der Waals surface area contributed by atoms with Crippen LogP contribution in [-0.2, 0) is 9.59 Å². The maximum atomic E-state index is 10.9. The van der Waals surface area contributed by atoms with Crippen LogP contribution in [0.15, 0.2) is 48.1 Å². The Hall–Kier alpha value is -2.40. The molecule has 1 atom stereocenters. The van der Waals surface area contributed by atoms with E-state index in [9.17, 15) is 9.59 Å². The third-order valence-corrected chi connectivity index (χ3v) is 2.42. The van der Waals surface area contributed by atoms with Crippen LogP contribution >= 0.6 is 0 Å². The van der Waals surface area contributed by atoms with E-state index in [-0.39, 0.29) is 12.0 Å². The summed E-state index contributed by atoms with van der Waals surface area (Å²) >= 11 is 0. The quantitative estimate of drug-likeness (QED) is 0.532. The SMILES string of the molecule is N[C@@H](CC(=CC=Cc1ccccc1)C(=O)O)C(=O)O. The van der Waals surface area contributed by atoms with Gasteiger partial charge in [0.15, 0.2) is 0 Å². The number of allylic oxidation sites excluding steroid dienone is 2. The van der Waals surface area contributed by atoms with Crippen LogP contribution in [0.3, 0.4) is 0 Å². The summed E-state index contributed by atoms with van der Waals surface area (Å²) in [6.07, 6.45) is 4.44. The molecule has 1 rings (SSSR count). The van der Waals surface area contributed by atoms with E-state index >= 15 is 0 Å². The van der Waals surface area contributed by atoms with E-state index in [1.807, 2.05) is 30.3 Å². The molecule has 0 heterocycles. The largest absolute Gasteiger partial charge is 0.480 e. The highest BCUT2D eigenvalue weighted by atomic mass is 16.4. The number of carbonyl (C=O) groups is 2. The summed E-state index contributed by atoms with van der Waals surface area (Å²) in [5, 5.41) is 17.6. The minimum absolute atomic E-state index is 0.0397. The van der Waals surface area contributed by atoms with Gasteiger partial charge in [-0.2, -0.15) is 0 Å². The Morgan fingerprint density at radius 2 is 1.84 bits per heavy atom. The molecule has 0 bridgehead atoms. The van der Waals surface area contributed by atoms with Crippen LogP contribution in [0.1, 0.15) is 12.0 Å². The van der Waals surface area contributed by atoms with Crippen LogP contribution in [-0.4, -0.2) is 28.2 Å². The lowest BCUT2D eigenvalue weighted by Gasteiger charge is -2.05. The molecule has 5 heteroatoms. The van der Waals surface area contributed by atoms with Crippen molar-refractivity contribution in [3.63, 3.8) is 0 Å². The number of hydrogen-bond donors (Lipinski definition) is 3. The summed E-state index contributed by atoms with van der Waals surface area (Å²) < 4.78 is 0. The van der Waals surface area contributed by atoms with Gasteiger partial charge < -0.3 is 15.9 Å². The zero-order chi connectivity index (χ0) is 14.3. The smallest absolute Gasteiger partial charge is 0.331 e. The molecule has 0 aliphatic carbocycles. The van der Waals surface area contributed by atoms with Crippen molar-refractivity contribution in [3.05, 3.63) is 53.6 Å². The van der Waals surface area contributed by atoms with Crippen LogP contribution < -0.4 is 5.73 Å². The molecule has 0 aliphatic heterocycles. The van der Waals surface area contributed by atoms with E-state index < -0.39 is 18.0 Å². The second-order valence-corrected chi connectivity index (χ2v) is 3.92. The van der Waals surface area contributed by atoms with E-state index in [0.717, 1.165) is 5.56 Å². The van der Waals surface area contributed by atoms with Crippen LogP contribution in [0.5, 0.6) is 0 Å². The third kappa shape index (κ3) is 5.18. The van der Waals surface area contributed by atoms with Gasteiger partial charge in [0.1, 0.15) is 6.04 Å². The average Bonchev–Trinajstić information content (AvgIpc) is 2.38. The van der Waals surface area contributed by atoms with E-state index in [2.05, 4.69) is 0 Å². The first-order valence-electron chi connectivity index (χ1n) is 5.64. The number of carboxylic acids is 2. The molecule has 19 heavy (non-hydrogen) atoms. The zero-order valence-corrected chi connectivity index (χ0v) is 10.2. The molecule has 0 unspecified atom stereocenters. The Kier molecular flexibility index (Phi) is 5.50. The van der Waals surface area contributed by atoms with Gasteiger partial charge in [0, 0.05) is 12.0 Å². The Balaban J connectivity index is 2.77. The van der Waals surface area contributed by atoms with Gasteiger partial charge in [-0.05, 0) is 5.56 Å². The van der Waals surface area contributed by atoms with Gasteiger partial charge in [0.25, 0.3) is 0 Å². The predicted molar refractivity (Wildman–Crippen MR) is 71.4 cm³/mol. The Morgan fingerprint density at radius 3 is 2.37 bits per heavy atom. The lowest BCUT2D eigenvalue weighted by Crippen LogP contribution is -2.31. The number of aliphatic carboxylic acids is 2. The molecule has 0 saturated carbocycles. The maximum absolute atomic E-state index is 10.9. The van der Waals surface area contributed by atoms with Gasteiger partial charge in [0.2, 0.25) is 0 Å². The molecule has 100 valence electrons. The van der Waals surface area contributed by atoms with Crippen LogP contribution in [0.4, 0.5) is 0 Å². The summed E-state index contributed by atoms with van der Waals surface area (Å²) in [5.74, 6) is -2.39. The highest BCUT2D eigenvalue weighted by Crippen LogP contribution is 2.07. The Bertz CT molecular complexity index is 505. The normalized spacial score (nSPS) is 13.4. The monoisotopic (exact) mass is 261 g/mol. The predicted octanol–water partition coefficient (Wildman–Crippen LogP) is 1.51. The average molecular weight is 261 g/mol. The van der Waals surface area contributed by atoms with E-state index in [0.29, 0.717) is 0 Å². The number of nitrogens with two attached hydrogens (primary N) is 1. The van der Waals surface area contributed by atoms with Crippen molar-refractivity contribution < 1.29 is 19.8 Å². The van der Waals surface area contributed by atoms with Crippen molar-refractivity contribution in [2.75, 3.05) is 0 Å². The Morgan fingerprint density at radius 1 is 1.21 bits per heavy atom. The molecule has 0 aliphatic rings.